The minimum absolute atomic E-state index is 0.00844. The molecule has 0 bridgehead atoms. The van der Waals surface area contributed by atoms with Crippen molar-refractivity contribution in [2.45, 2.75) is 19.9 Å². The molecule has 5 rings (SSSR count). The van der Waals surface area contributed by atoms with E-state index in [0.717, 1.165) is 16.6 Å². The summed E-state index contributed by atoms with van der Waals surface area (Å²) in [5.74, 6) is -0.172. The highest BCUT2D eigenvalue weighted by Gasteiger charge is 2.25. The van der Waals surface area contributed by atoms with Crippen LogP contribution in [0, 0.1) is 18.3 Å². The molecule has 0 saturated carbocycles. The summed E-state index contributed by atoms with van der Waals surface area (Å²) in [5.41, 5.74) is 3.75. The van der Waals surface area contributed by atoms with Gasteiger partial charge in [-0.05, 0) is 49.7 Å². The Morgan fingerprint density at radius 2 is 1.60 bits per heavy atom. The molecule has 0 aliphatic rings. The number of nitrogens with one attached hydrogen (secondary N) is 2. The third-order valence-electron chi connectivity index (χ3n) is 6.18. The summed E-state index contributed by atoms with van der Waals surface area (Å²) in [6, 6.07) is 23.6. The minimum Gasteiger partial charge on any atom is -0.369 e. The molecule has 2 aromatic heterocycles. The zero-order chi connectivity index (χ0) is 28.1. The molecule has 0 radical (unpaired) electrons. The van der Waals surface area contributed by atoms with Crippen molar-refractivity contribution in [1.29, 1.82) is 5.26 Å². The number of fused-ring (bicyclic) bond motifs is 1. The van der Waals surface area contributed by atoms with Gasteiger partial charge in [0.05, 0.1) is 5.69 Å². The van der Waals surface area contributed by atoms with E-state index in [1.54, 1.807) is 36.4 Å². The molecule has 2 N–H and O–H groups in total. The molecule has 0 unspecified atom stereocenters. The summed E-state index contributed by atoms with van der Waals surface area (Å²) in [6.45, 7) is 2.74. The predicted octanol–water partition coefficient (Wildman–Crippen LogP) is 4.30. The van der Waals surface area contributed by atoms with E-state index in [0.29, 0.717) is 41.6 Å². The third kappa shape index (κ3) is 5.85. The molecule has 3 aromatic carbocycles. The van der Waals surface area contributed by atoms with E-state index in [4.69, 9.17) is 11.6 Å². The smallest absolute Gasteiger partial charge is 0.243 e. The van der Waals surface area contributed by atoms with Crippen molar-refractivity contribution in [3.63, 3.8) is 0 Å². The van der Waals surface area contributed by atoms with Gasteiger partial charge in [0.15, 0.2) is 5.69 Å². The highest BCUT2D eigenvalue weighted by atomic mass is 35.5. The Labute approximate surface area is 235 Å². The molecule has 10 nitrogen and oxygen atoms in total. The number of carbonyl (C=O) groups excluding carboxylic acids is 2. The van der Waals surface area contributed by atoms with Gasteiger partial charge in [-0.1, -0.05) is 53.6 Å². The first-order valence-corrected chi connectivity index (χ1v) is 13.0. The van der Waals surface area contributed by atoms with E-state index in [2.05, 4.69) is 32.0 Å². The van der Waals surface area contributed by atoms with Crippen LogP contribution in [0.5, 0.6) is 0 Å². The lowest BCUT2D eigenvalue weighted by atomic mass is 10.0. The van der Waals surface area contributed by atoms with E-state index in [1.165, 1.54) is 9.48 Å². The number of aromatic nitrogens is 5. The normalized spacial score (nSPS) is 10.8. The van der Waals surface area contributed by atoms with Crippen molar-refractivity contribution >= 4 is 40.1 Å². The Morgan fingerprint density at radius 1 is 0.925 bits per heavy atom. The van der Waals surface area contributed by atoms with Crippen molar-refractivity contribution in [3.05, 3.63) is 100 Å². The van der Waals surface area contributed by atoms with Gasteiger partial charge in [-0.2, -0.15) is 25.4 Å². The minimum atomic E-state index is -0.348. The fourth-order valence-corrected chi connectivity index (χ4v) is 4.27. The highest BCUT2D eigenvalue weighted by molar-refractivity contribution is 6.30. The molecule has 1 amide bonds. The van der Waals surface area contributed by atoms with Crippen LogP contribution in [-0.4, -0.2) is 49.6 Å². The van der Waals surface area contributed by atoms with E-state index in [9.17, 15) is 14.9 Å². The quantitative estimate of drug-likeness (QED) is 0.195. The molecule has 2 heterocycles. The van der Waals surface area contributed by atoms with Gasteiger partial charge in [-0.15, -0.1) is 0 Å². The summed E-state index contributed by atoms with van der Waals surface area (Å²) in [4.78, 5) is 27.1. The summed E-state index contributed by atoms with van der Waals surface area (Å²) in [7, 11) is 0. The van der Waals surface area contributed by atoms with Crippen molar-refractivity contribution in [1.82, 2.24) is 30.1 Å². The number of nitriles is 1. The molecule has 5 aromatic rings. The summed E-state index contributed by atoms with van der Waals surface area (Å²) < 4.78 is 1.53. The monoisotopic (exact) mass is 552 g/mol. The molecule has 200 valence electrons. The molecule has 40 heavy (non-hydrogen) atoms. The molecule has 0 atom stereocenters. The Balaban J connectivity index is 1.27. The molecule has 0 saturated heterocycles. The van der Waals surface area contributed by atoms with Crippen LogP contribution in [-0.2, 0) is 11.3 Å². The average molecular weight is 553 g/mol. The fraction of sp³-hybridized carbons (Fsp3) is 0.172. The molecular weight excluding hydrogens is 528 g/mol. The van der Waals surface area contributed by atoms with Gasteiger partial charge in [-0.3, -0.25) is 9.59 Å². The third-order valence-corrected chi connectivity index (χ3v) is 6.43. The number of carbonyl (C=O) groups is 2. The molecule has 0 fully saturated rings. The highest BCUT2D eigenvalue weighted by Crippen LogP contribution is 2.26. The second-order valence-electron chi connectivity index (χ2n) is 9.12. The lowest BCUT2D eigenvalue weighted by Crippen LogP contribution is -2.30. The Kier molecular flexibility index (Phi) is 7.84. The van der Waals surface area contributed by atoms with Crippen LogP contribution in [0.3, 0.4) is 0 Å². The van der Waals surface area contributed by atoms with Crippen molar-refractivity contribution in [2.24, 2.45) is 0 Å². The van der Waals surface area contributed by atoms with Crippen LogP contribution in [0.25, 0.3) is 16.7 Å². The zero-order valence-electron chi connectivity index (χ0n) is 21.6. The summed E-state index contributed by atoms with van der Waals surface area (Å²) in [5, 5.41) is 29.8. The van der Waals surface area contributed by atoms with Gasteiger partial charge in [0.25, 0.3) is 0 Å². The maximum Gasteiger partial charge on any atom is 0.243 e. The predicted molar refractivity (Wildman–Crippen MR) is 152 cm³/mol. The number of hydrogen-bond donors (Lipinski definition) is 2. The maximum atomic E-state index is 13.3. The number of nitrogens with zero attached hydrogens (tertiary/aromatic N) is 6. The molecule has 0 aliphatic carbocycles. The van der Waals surface area contributed by atoms with Gasteiger partial charge < -0.3 is 10.6 Å². The molecule has 0 spiro atoms. The molecule has 11 heteroatoms. The van der Waals surface area contributed by atoms with E-state index in [-0.39, 0.29) is 29.5 Å². The van der Waals surface area contributed by atoms with Crippen LogP contribution in [0.4, 0.5) is 5.82 Å². The fourth-order valence-electron chi connectivity index (χ4n) is 4.14. The number of aryl methyl sites for hydroxylation is 1. The van der Waals surface area contributed by atoms with Gasteiger partial charge in [0.1, 0.15) is 35.0 Å². The first-order valence-electron chi connectivity index (χ1n) is 12.6. The number of rotatable bonds is 10. The van der Waals surface area contributed by atoms with Crippen LogP contribution in [0.1, 0.15) is 33.6 Å². The van der Waals surface area contributed by atoms with Crippen LogP contribution >= 0.6 is 11.6 Å². The lowest BCUT2D eigenvalue weighted by Gasteiger charge is -2.11. The zero-order valence-corrected chi connectivity index (χ0v) is 22.4. The topological polar surface area (TPSA) is 131 Å². The largest absolute Gasteiger partial charge is 0.369 e. The van der Waals surface area contributed by atoms with Gasteiger partial charge >= 0.3 is 0 Å². The van der Waals surface area contributed by atoms with Gasteiger partial charge in [0.2, 0.25) is 11.7 Å². The molecule has 0 aliphatic heterocycles. The van der Waals surface area contributed by atoms with Crippen LogP contribution in [0.15, 0.2) is 72.8 Å². The van der Waals surface area contributed by atoms with Gasteiger partial charge in [0, 0.05) is 23.7 Å². The SMILES string of the molecule is Cc1ccc(C(=O)c2nn(-c3ccc(Cl)cc3)c(NCCCNC(=O)Cn3nc4ccccc4n3)c2C#N)cc1. The Hall–Kier alpha value is -5.01. The number of halogens is 1. The van der Waals surface area contributed by atoms with Crippen molar-refractivity contribution < 1.29 is 9.59 Å². The second-order valence-corrected chi connectivity index (χ2v) is 9.55. The summed E-state index contributed by atoms with van der Waals surface area (Å²) in [6.07, 6.45) is 0.554. The second kappa shape index (κ2) is 11.8. The van der Waals surface area contributed by atoms with Crippen molar-refractivity contribution in [2.75, 3.05) is 18.4 Å². The molecular formula is C29H25ClN8O2. The number of amides is 1. The van der Waals surface area contributed by atoms with E-state index < -0.39 is 0 Å². The van der Waals surface area contributed by atoms with Crippen LogP contribution < -0.4 is 10.6 Å². The standard InChI is InChI=1S/C29H25ClN8O2/c1-19-7-9-20(10-8-19)28(40)27-23(17-31)29(38(36-27)22-13-11-21(30)12-14-22)33-16-4-15-32-26(39)18-37-34-24-5-2-3-6-25(24)35-37/h2-3,5-14,33H,4,15-16,18H2,1H3,(H,32,39). The average Bonchev–Trinajstić information content (AvgIpc) is 3.54. The first-order chi connectivity index (χ1) is 19.4. The maximum absolute atomic E-state index is 13.3. The Bertz CT molecular complexity index is 1680. The lowest BCUT2D eigenvalue weighted by molar-refractivity contribution is -0.122. The number of benzene rings is 3. The number of anilines is 1. The van der Waals surface area contributed by atoms with E-state index in [1.807, 2.05) is 43.3 Å². The number of hydrogen-bond acceptors (Lipinski definition) is 7. The van der Waals surface area contributed by atoms with Crippen molar-refractivity contribution in [3.8, 4) is 11.8 Å². The van der Waals surface area contributed by atoms with Gasteiger partial charge in [-0.25, -0.2) is 4.68 Å². The summed E-state index contributed by atoms with van der Waals surface area (Å²) >= 11 is 6.07. The first kappa shape index (κ1) is 26.6. The van der Waals surface area contributed by atoms with E-state index >= 15 is 0 Å². The number of ketones is 1. The Morgan fingerprint density at radius 3 is 2.25 bits per heavy atom. The van der Waals surface area contributed by atoms with Crippen LogP contribution in [0.2, 0.25) is 5.02 Å².